The van der Waals surface area contributed by atoms with E-state index in [1.165, 1.54) is 44.2 Å². The summed E-state index contributed by atoms with van der Waals surface area (Å²) >= 11 is 5.83. The third-order valence-electron chi connectivity index (χ3n) is 3.31. The predicted molar refractivity (Wildman–Crippen MR) is 92.1 cm³/mol. The van der Waals surface area contributed by atoms with Crippen LogP contribution in [0, 0.1) is 11.6 Å². The van der Waals surface area contributed by atoms with Gasteiger partial charge in [-0.05, 0) is 56.3 Å². The highest BCUT2D eigenvalue weighted by molar-refractivity contribution is 6.33. The van der Waals surface area contributed by atoms with Crippen LogP contribution in [0.25, 0.3) is 0 Å². The average Bonchev–Trinajstić information content (AvgIpc) is 2.59. The van der Waals surface area contributed by atoms with E-state index < -0.39 is 35.7 Å². The summed E-state index contributed by atoms with van der Waals surface area (Å²) in [7, 11) is 0. The van der Waals surface area contributed by atoms with Crippen LogP contribution >= 0.6 is 11.6 Å². The number of nitrogens with one attached hydrogen (secondary N) is 1. The fraction of sp³-hybridized carbons (Fsp3) is 0.222. The maximum absolute atomic E-state index is 13.0. The van der Waals surface area contributed by atoms with Gasteiger partial charge < -0.3 is 14.8 Å². The van der Waals surface area contributed by atoms with Gasteiger partial charge >= 0.3 is 5.97 Å². The molecule has 138 valence electrons. The maximum atomic E-state index is 13.0. The number of halogens is 3. The zero-order chi connectivity index (χ0) is 19.3. The van der Waals surface area contributed by atoms with Crippen molar-refractivity contribution in [1.82, 2.24) is 0 Å². The number of ether oxygens (including phenoxy) is 2. The van der Waals surface area contributed by atoms with Gasteiger partial charge in [0.25, 0.3) is 5.91 Å². The van der Waals surface area contributed by atoms with Gasteiger partial charge in [-0.25, -0.2) is 13.6 Å². The molecule has 1 N–H and O–H groups in total. The molecule has 2 atom stereocenters. The Morgan fingerprint density at radius 2 is 1.62 bits per heavy atom. The fourth-order valence-corrected chi connectivity index (χ4v) is 2.13. The number of carbonyl (C=O) groups is 2. The molecule has 8 heteroatoms. The van der Waals surface area contributed by atoms with E-state index in [9.17, 15) is 18.4 Å². The molecule has 2 aromatic rings. The number of rotatable bonds is 6. The molecule has 26 heavy (non-hydrogen) atoms. The quantitative estimate of drug-likeness (QED) is 0.767. The normalized spacial score (nSPS) is 12.8. The Morgan fingerprint density at radius 1 is 1.00 bits per heavy atom. The molecule has 0 aliphatic rings. The Kier molecular flexibility index (Phi) is 6.52. The first-order valence-electron chi connectivity index (χ1n) is 7.65. The molecule has 2 aromatic carbocycles. The van der Waals surface area contributed by atoms with Gasteiger partial charge in [0.05, 0.1) is 10.7 Å². The molecule has 0 aromatic heterocycles. The molecule has 1 amide bonds. The standard InChI is InChI=1S/C18H16ClF2NO4/c1-10(17(23)22-16-8-5-13(21)9-15(16)19)26-18(24)11(2)25-14-6-3-12(20)4-7-14/h3-11H,1-2H3,(H,22,23)/t10-,11-/m1/s1. The number of anilines is 1. The van der Waals surface area contributed by atoms with Crippen LogP contribution in [-0.4, -0.2) is 24.1 Å². The van der Waals surface area contributed by atoms with E-state index in [-0.39, 0.29) is 16.5 Å². The molecule has 0 saturated carbocycles. The number of hydrogen-bond acceptors (Lipinski definition) is 4. The summed E-state index contributed by atoms with van der Waals surface area (Å²) in [5.74, 6) is -2.11. The van der Waals surface area contributed by atoms with Gasteiger partial charge in [-0.15, -0.1) is 0 Å². The van der Waals surface area contributed by atoms with Crippen LogP contribution in [0.3, 0.4) is 0 Å². The summed E-state index contributed by atoms with van der Waals surface area (Å²) in [4.78, 5) is 24.1. The second kappa shape index (κ2) is 8.62. The molecule has 2 rings (SSSR count). The van der Waals surface area contributed by atoms with E-state index in [1.54, 1.807) is 0 Å². The van der Waals surface area contributed by atoms with Gasteiger partial charge in [0.15, 0.2) is 12.2 Å². The van der Waals surface area contributed by atoms with E-state index in [0.717, 1.165) is 12.1 Å². The van der Waals surface area contributed by atoms with Gasteiger partial charge in [0.2, 0.25) is 0 Å². The van der Waals surface area contributed by atoms with Crippen molar-refractivity contribution in [2.24, 2.45) is 0 Å². The monoisotopic (exact) mass is 383 g/mol. The molecule has 0 saturated heterocycles. The summed E-state index contributed by atoms with van der Waals surface area (Å²) in [5.41, 5.74) is 0.191. The lowest BCUT2D eigenvalue weighted by atomic mass is 10.3. The van der Waals surface area contributed by atoms with Crippen LogP contribution < -0.4 is 10.1 Å². The van der Waals surface area contributed by atoms with Crippen molar-refractivity contribution in [2.75, 3.05) is 5.32 Å². The van der Waals surface area contributed by atoms with Gasteiger partial charge in [-0.1, -0.05) is 11.6 Å². The molecule has 0 radical (unpaired) electrons. The molecule has 0 heterocycles. The highest BCUT2D eigenvalue weighted by atomic mass is 35.5. The van der Waals surface area contributed by atoms with Crippen molar-refractivity contribution in [3.05, 3.63) is 59.1 Å². The minimum Gasteiger partial charge on any atom is -0.479 e. The fourth-order valence-electron chi connectivity index (χ4n) is 1.91. The zero-order valence-electron chi connectivity index (χ0n) is 14.0. The van der Waals surface area contributed by atoms with Gasteiger partial charge in [0, 0.05) is 0 Å². The summed E-state index contributed by atoms with van der Waals surface area (Å²) in [6.45, 7) is 2.81. The van der Waals surface area contributed by atoms with Crippen molar-refractivity contribution < 1.29 is 27.8 Å². The van der Waals surface area contributed by atoms with Crippen molar-refractivity contribution in [3.8, 4) is 5.75 Å². The lowest BCUT2D eigenvalue weighted by molar-refractivity contribution is -0.159. The van der Waals surface area contributed by atoms with Crippen molar-refractivity contribution >= 4 is 29.2 Å². The molecular weight excluding hydrogens is 368 g/mol. The van der Waals surface area contributed by atoms with E-state index in [4.69, 9.17) is 21.1 Å². The van der Waals surface area contributed by atoms with Crippen LogP contribution in [-0.2, 0) is 14.3 Å². The minimum atomic E-state index is -1.14. The molecule has 0 spiro atoms. The first-order chi connectivity index (χ1) is 12.3. The SMILES string of the molecule is C[C@@H](OC(=O)[C@@H](C)Oc1ccc(F)cc1)C(=O)Nc1ccc(F)cc1Cl. The molecule has 0 aliphatic carbocycles. The topological polar surface area (TPSA) is 64.6 Å². The number of carbonyl (C=O) groups excluding carboxylic acids is 2. The third kappa shape index (κ3) is 5.42. The Morgan fingerprint density at radius 3 is 2.23 bits per heavy atom. The lowest BCUT2D eigenvalue weighted by Gasteiger charge is -2.18. The summed E-state index contributed by atoms with van der Waals surface area (Å²) < 4.78 is 36.2. The molecule has 0 bridgehead atoms. The van der Waals surface area contributed by atoms with Gasteiger partial charge in [-0.3, -0.25) is 4.79 Å². The predicted octanol–water partition coefficient (Wildman–Crippen LogP) is 3.96. The van der Waals surface area contributed by atoms with E-state index in [0.29, 0.717) is 0 Å². The van der Waals surface area contributed by atoms with Crippen LogP contribution in [0.5, 0.6) is 5.75 Å². The number of esters is 1. The molecule has 5 nitrogen and oxygen atoms in total. The van der Waals surface area contributed by atoms with E-state index >= 15 is 0 Å². The Hall–Kier alpha value is -2.67. The molecular formula is C18H16ClF2NO4. The van der Waals surface area contributed by atoms with Crippen LogP contribution in [0.1, 0.15) is 13.8 Å². The second-order valence-corrected chi connectivity index (χ2v) is 5.81. The van der Waals surface area contributed by atoms with Crippen LogP contribution in [0.15, 0.2) is 42.5 Å². The van der Waals surface area contributed by atoms with E-state index in [1.807, 2.05) is 0 Å². The summed E-state index contributed by atoms with van der Waals surface area (Å²) in [5, 5.41) is 2.46. The summed E-state index contributed by atoms with van der Waals surface area (Å²) in [6.07, 6.45) is -2.15. The van der Waals surface area contributed by atoms with Gasteiger partial charge in [0.1, 0.15) is 17.4 Å². The third-order valence-corrected chi connectivity index (χ3v) is 3.62. The van der Waals surface area contributed by atoms with Crippen molar-refractivity contribution in [1.29, 1.82) is 0 Å². The minimum absolute atomic E-state index is 0.0184. The Balaban J connectivity index is 1.90. The first kappa shape index (κ1) is 19.7. The average molecular weight is 384 g/mol. The molecule has 0 unspecified atom stereocenters. The molecule has 0 fully saturated rings. The van der Waals surface area contributed by atoms with Crippen molar-refractivity contribution in [2.45, 2.75) is 26.1 Å². The van der Waals surface area contributed by atoms with Crippen molar-refractivity contribution in [3.63, 3.8) is 0 Å². The highest BCUT2D eigenvalue weighted by Gasteiger charge is 2.23. The Bertz CT molecular complexity index is 798. The van der Waals surface area contributed by atoms with Crippen LogP contribution in [0.4, 0.5) is 14.5 Å². The smallest absolute Gasteiger partial charge is 0.347 e. The first-order valence-corrected chi connectivity index (χ1v) is 8.02. The highest BCUT2D eigenvalue weighted by Crippen LogP contribution is 2.22. The lowest BCUT2D eigenvalue weighted by Crippen LogP contribution is -2.35. The maximum Gasteiger partial charge on any atom is 0.347 e. The molecule has 0 aliphatic heterocycles. The number of hydrogen-bond donors (Lipinski definition) is 1. The van der Waals surface area contributed by atoms with Crippen LogP contribution in [0.2, 0.25) is 5.02 Å². The Labute approximate surface area is 153 Å². The number of amides is 1. The van der Waals surface area contributed by atoms with Gasteiger partial charge in [-0.2, -0.15) is 0 Å². The largest absolute Gasteiger partial charge is 0.479 e. The zero-order valence-corrected chi connectivity index (χ0v) is 14.7. The second-order valence-electron chi connectivity index (χ2n) is 5.41. The summed E-state index contributed by atoms with van der Waals surface area (Å²) in [6, 6.07) is 8.59. The van der Waals surface area contributed by atoms with E-state index in [2.05, 4.69) is 5.32 Å². The number of benzene rings is 2.